The minimum Gasteiger partial charge on any atom is -0.437 e. The fraction of sp³-hybridized carbons (Fsp3) is 0.0909. The summed E-state index contributed by atoms with van der Waals surface area (Å²) in [4.78, 5) is 18.2. The molecule has 19 heavy (non-hydrogen) atoms. The van der Waals surface area contributed by atoms with Crippen molar-refractivity contribution >= 4 is 33.2 Å². The van der Waals surface area contributed by atoms with E-state index in [0.29, 0.717) is 5.82 Å². The summed E-state index contributed by atoms with van der Waals surface area (Å²) < 4.78 is 5.72. The summed E-state index contributed by atoms with van der Waals surface area (Å²) in [7, 11) is 0. The molecule has 0 spiro atoms. The number of nitro benzene ring substituents is 1. The minimum atomic E-state index is -0.505. The van der Waals surface area contributed by atoms with E-state index in [2.05, 4.69) is 25.9 Å². The van der Waals surface area contributed by atoms with Gasteiger partial charge in [0, 0.05) is 12.1 Å². The lowest BCUT2D eigenvalue weighted by Gasteiger charge is -2.07. The zero-order valence-corrected chi connectivity index (χ0v) is 12.0. The van der Waals surface area contributed by atoms with Crippen LogP contribution in [0, 0.1) is 17.0 Å². The summed E-state index contributed by atoms with van der Waals surface area (Å²) in [5.74, 6) is 0.950. The molecule has 1 heterocycles. The summed E-state index contributed by atoms with van der Waals surface area (Å²) >= 11 is 8.92. The van der Waals surface area contributed by atoms with E-state index in [-0.39, 0.29) is 26.9 Å². The molecule has 0 N–H and O–H groups in total. The van der Waals surface area contributed by atoms with Crippen molar-refractivity contribution < 1.29 is 9.66 Å². The van der Waals surface area contributed by atoms with E-state index in [1.54, 1.807) is 13.0 Å². The third kappa shape index (κ3) is 3.18. The molecule has 0 fully saturated rings. The number of halogens is 2. The standard InChI is InChI=1S/C11H7BrClN3O3/c1-6-14-9(13)5-10(15-6)19-8-4-2-3-7(11(8)12)16(17)18/h2-5H,1H3. The fourth-order valence-electron chi connectivity index (χ4n) is 1.39. The lowest BCUT2D eigenvalue weighted by Crippen LogP contribution is -1.95. The Bertz CT molecular complexity index is 631. The van der Waals surface area contributed by atoms with Crippen molar-refractivity contribution in [1.29, 1.82) is 0 Å². The van der Waals surface area contributed by atoms with Crippen LogP contribution in [0.3, 0.4) is 0 Å². The molecular formula is C11H7BrClN3O3. The Morgan fingerprint density at radius 1 is 1.42 bits per heavy atom. The fourth-order valence-corrected chi connectivity index (χ4v) is 2.10. The number of benzene rings is 1. The summed E-state index contributed by atoms with van der Waals surface area (Å²) in [6.45, 7) is 1.67. The van der Waals surface area contributed by atoms with Gasteiger partial charge in [0.1, 0.15) is 15.5 Å². The van der Waals surface area contributed by atoms with Crippen LogP contribution in [0.4, 0.5) is 5.69 Å². The molecule has 98 valence electrons. The molecule has 8 heteroatoms. The highest BCUT2D eigenvalue weighted by Crippen LogP contribution is 2.36. The number of rotatable bonds is 3. The Morgan fingerprint density at radius 3 is 2.79 bits per heavy atom. The van der Waals surface area contributed by atoms with Gasteiger partial charge in [0.25, 0.3) is 5.69 Å². The van der Waals surface area contributed by atoms with Crippen LogP contribution in [-0.2, 0) is 0 Å². The number of aromatic nitrogens is 2. The molecule has 0 radical (unpaired) electrons. The predicted molar refractivity (Wildman–Crippen MR) is 72.6 cm³/mol. The first kappa shape index (κ1) is 13.7. The molecule has 0 aliphatic carbocycles. The van der Waals surface area contributed by atoms with Gasteiger partial charge in [-0.3, -0.25) is 10.1 Å². The van der Waals surface area contributed by atoms with E-state index in [9.17, 15) is 10.1 Å². The summed E-state index contributed by atoms with van der Waals surface area (Å²) in [5.41, 5.74) is -0.0885. The lowest BCUT2D eigenvalue weighted by molar-refractivity contribution is -0.385. The van der Waals surface area contributed by atoms with Gasteiger partial charge >= 0.3 is 0 Å². The zero-order valence-electron chi connectivity index (χ0n) is 9.63. The third-order valence-electron chi connectivity index (χ3n) is 2.14. The maximum atomic E-state index is 10.8. The van der Waals surface area contributed by atoms with Crippen LogP contribution in [0.15, 0.2) is 28.7 Å². The smallest absolute Gasteiger partial charge is 0.287 e. The second-order valence-corrected chi connectivity index (χ2v) is 4.70. The molecule has 0 bridgehead atoms. The van der Waals surface area contributed by atoms with Crippen LogP contribution in [0.1, 0.15) is 5.82 Å². The second-order valence-electron chi connectivity index (χ2n) is 3.52. The molecule has 0 amide bonds. The quantitative estimate of drug-likeness (QED) is 0.479. The SMILES string of the molecule is Cc1nc(Cl)cc(Oc2cccc([N+](=O)[O-])c2Br)n1. The van der Waals surface area contributed by atoms with E-state index in [0.717, 1.165) is 0 Å². The molecule has 0 atom stereocenters. The van der Waals surface area contributed by atoms with Crippen LogP contribution in [-0.4, -0.2) is 14.9 Å². The van der Waals surface area contributed by atoms with Crippen LogP contribution in [0.25, 0.3) is 0 Å². The Morgan fingerprint density at radius 2 is 2.16 bits per heavy atom. The van der Waals surface area contributed by atoms with Gasteiger partial charge in [-0.2, -0.15) is 4.98 Å². The molecule has 2 rings (SSSR count). The van der Waals surface area contributed by atoms with Gasteiger partial charge in [0.05, 0.1) is 4.92 Å². The largest absolute Gasteiger partial charge is 0.437 e. The topological polar surface area (TPSA) is 78.2 Å². The first-order valence-electron chi connectivity index (χ1n) is 5.09. The molecule has 0 aliphatic heterocycles. The summed E-state index contributed by atoms with van der Waals surface area (Å²) in [5, 5.41) is 11.0. The minimum absolute atomic E-state index is 0.0885. The van der Waals surface area contributed by atoms with Gasteiger partial charge in [-0.1, -0.05) is 17.7 Å². The molecule has 1 aromatic carbocycles. The number of ether oxygens (including phenoxy) is 1. The predicted octanol–water partition coefficient (Wildman–Crippen LogP) is 3.90. The average molecular weight is 345 g/mol. The van der Waals surface area contributed by atoms with Crippen LogP contribution in [0.5, 0.6) is 11.6 Å². The van der Waals surface area contributed by atoms with Gasteiger partial charge in [-0.05, 0) is 28.9 Å². The molecule has 0 unspecified atom stereocenters. The number of nitro groups is 1. The maximum Gasteiger partial charge on any atom is 0.287 e. The highest BCUT2D eigenvalue weighted by Gasteiger charge is 2.17. The summed E-state index contributed by atoms with van der Waals surface area (Å²) in [6.07, 6.45) is 0. The molecule has 1 aromatic heterocycles. The number of hydrogen-bond donors (Lipinski definition) is 0. The molecule has 6 nitrogen and oxygen atoms in total. The van der Waals surface area contributed by atoms with Gasteiger partial charge < -0.3 is 4.74 Å². The molecule has 0 aliphatic rings. The van der Waals surface area contributed by atoms with E-state index < -0.39 is 4.92 Å². The van der Waals surface area contributed by atoms with E-state index >= 15 is 0 Å². The molecular weight excluding hydrogens is 337 g/mol. The normalized spacial score (nSPS) is 10.3. The first-order chi connectivity index (χ1) is 8.97. The van der Waals surface area contributed by atoms with Crippen molar-refractivity contribution in [3.05, 3.63) is 49.8 Å². The van der Waals surface area contributed by atoms with E-state index in [1.165, 1.54) is 18.2 Å². The molecule has 0 saturated heterocycles. The monoisotopic (exact) mass is 343 g/mol. The zero-order chi connectivity index (χ0) is 14.0. The molecule has 0 saturated carbocycles. The van der Waals surface area contributed by atoms with E-state index in [1.807, 2.05) is 0 Å². The van der Waals surface area contributed by atoms with Gasteiger partial charge in [0.2, 0.25) is 5.88 Å². The Kier molecular flexibility index (Phi) is 3.96. The van der Waals surface area contributed by atoms with Gasteiger partial charge in [-0.25, -0.2) is 4.98 Å². The highest BCUT2D eigenvalue weighted by atomic mass is 79.9. The number of hydrogen-bond acceptors (Lipinski definition) is 5. The van der Waals surface area contributed by atoms with Crippen molar-refractivity contribution in [3.63, 3.8) is 0 Å². The van der Waals surface area contributed by atoms with Crippen molar-refractivity contribution in [1.82, 2.24) is 9.97 Å². The Hall–Kier alpha value is -1.73. The Labute approximate surface area is 121 Å². The van der Waals surface area contributed by atoms with Crippen LogP contribution in [0.2, 0.25) is 5.15 Å². The second kappa shape index (κ2) is 5.50. The Balaban J connectivity index is 2.38. The van der Waals surface area contributed by atoms with Crippen molar-refractivity contribution in [2.24, 2.45) is 0 Å². The summed E-state index contributed by atoms with van der Waals surface area (Å²) in [6, 6.07) is 5.91. The highest BCUT2D eigenvalue weighted by molar-refractivity contribution is 9.10. The number of aryl methyl sites for hydroxylation is 1. The van der Waals surface area contributed by atoms with Crippen molar-refractivity contribution in [2.75, 3.05) is 0 Å². The number of nitrogens with zero attached hydrogens (tertiary/aromatic N) is 3. The van der Waals surface area contributed by atoms with E-state index in [4.69, 9.17) is 16.3 Å². The van der Waals surface area contributed by atoms with Crippen LogP contribution < -0.4 is 4.74 Å². The molecule has 2 aromatic rings. The average Bonchev–Trinajstić information content (AvgIpc) is 2.30. The maximum absolute atomic E-state index is 10.8. The van der Waals surface area contributed by atoms with Gasteiger partial charge in [-0.15, -0.1) is 0 Å². The third-order valence-corrected chi connectivity index (χ3v) is 3.13. The van der Waals surface area contributed by atoms with Gasteiger partial charge in [0.15, 0.2) is 5.75 Å². The van der Waals surface area contributed by atoms with Crippen molar-refractivity contribution in [3.8, 4) is 11.6 Å². The van der Waals surface area contributed by atoms with Crippen molar-refractivity contribution in [2.45, 2.75) is 6.92 Å². The first-order valence-corrected chi connectivity index (χ1v) is 6.26. The lowest BCUT2D eigenvalue weighted by atomic mass is 10.3. The van der Waals surface area contributed by atoms with Crippen LogP contribution >= 0.6 is 27.5 Å².